The van der Waals surface area contributed by atoms with E-state index in [9.17, 15) is 14.4 Å². The lowest BCUT2D eigenvalue weighted by Gasteiger charge is -2.08. The number of esters is 1. The van der Waals surface area contributed by atoms with Gasteiger partial charge in [-0.15, -0.1) is 5.10 Å². The minimum absolute atomic E-state index is 0.167. The van der Waals surface area contributed by atoms with Crippen molar-refractivity contribution in [2.24, 2.45) is 0 Å². The van der Waals surface area contributed by atoms with Gasteiger partial charge >= 0.3 is 5.97 Å². The lowest BCUT2D eigenvalue weighted by atomic mass is 10.1. The van der Waals surface area contributed by atoms with Crippen LogP contribution >= 0.6 is 0 Å². The van der Waals surface area contributed by atoms with Gasteiger partial charge in [0.2, 0.25) is 0 Å². The number of hydrazine groups is 1. The van der Waals surface area contributed by atoms with Crippen LogP contribution in [0.25, 0.3) is 5.69 Å². The van der Waals surface area contributed by atoms with Crippen LogP contribution in [0.5, 0.6) is 0 Å². The SMILES string of the molecule is CCOC(=O)c1c(C)[nH]c(C(=O)NNC(=O)c2ccc(-n3cnnn3)cc2)c1C. The van der Waals surface area contributed by atoms with Gasteiger partial charge in [-0.1, -0.05) is 0 Å². The van der Waals surface area contributed by atoms with E-state index in [-0.39, 0.29) is 12.3 Å². The van der Waals surface area contributed by atoms with Crippen LogP contribution < -0.4 is 10.9 Å². The molecule has 0 unspecified atom stereocenters. The number of aromatic amines is 1. The summed E-state index contributed by atoms with van der Waals surface area (Å²) in [6.45, 7) is 5.23. The molecule has 0 atom stereocenters. The van der Waals surface area contributed by atoms with E-state index >= 15 is 0 Å². The molecule has 0 saturated carbocycles. The van der Waals surface area contributed by atoms with Crippen molar-refractivity contribution in [3.05, 3.63) is 58.7 Å². The Balaban J connectivity index is 1.65. The zero-order valence-electron chi connectivity index (χ0n) is 16.0. The number of aromatic nitrogens is 5. The predicted octanol–water partition coefficient (Wildman–Crippen LogP) is 0.859. The van der Waals surface area contributed by atoms with Gasteiger partial charge in [-0.2, -0.15) is 0 Å². The van der Waals surface area contributed by atoms with Crippen LogP contribution in [0.3, 0.4) is 0 Å². The van der Waals surface area contributed by atoms with E-state index in [1.807, 2.05) is 0 Å². The molecule has 1 aromatic carbocycles. The highest BCUT2D eigenvalue weighted by Crippen LogP contribution is 2.19. The second-order valence-corrected chi connectivity index (χ2v) is 6.05. The van der Waals surface area contributed by atoms with Crippen molar-refractivity contribution in [3.8, 4) is 5.69 Å². The minimum atomic E-state index is -0.584. The maximum atomic E-state index is 12.4. The predicted molar refractivity (Wildman–Crippen MR) is 100 cm³/mol. The molecule has 29 heavy (non-hydrogen) atoms. The third kappa shape index (κ3) is 4.13. The summed E-state index contributed by atoms with van der Waals surface area (Å²) in [5, 5.41) is 10.8. The fourth-order valence-corrected chi connectivity index (χ4v) is 2.78. The lowest BCUT2D eigenvalue weighted by molar-refractivity contribution is 0.0524. The second-order valence-electron chi connectivity index (χ2n) is 6.05. The van der Waals surface area contributed by atoms with E-state index in [4.69, 9.17) is 4.74 Å². The van der Waals surface area contributed by atoms with Crippen LogP contribution in [-0.4, -0.2) is 49.6 Å². The monoisotopic (exact) mass is 397 g/mol. The summed E-state index contributed by atoms with van der Waals surface area (Å²) in [7, 11) is 0. The normalized spacial score (nSPS) is 10.4. The fraction of sp³-hybridized carbons (Fsp3) is 0.222. The number of hydrogen-bond donors (Lipinski definition) is 3. The van der Waals surface area contributed by atoms with Crippen molar-refractivity contribution >= 4 is 17.8 Å². The summed E-state index contributed by atoms with van der Waals surface area (Å²) < 4.78 is 6.45. The Kier molecular flexibility index (Phi) is 5.67. The number of H-pyrrole nitrogens is 1. The Morgan fingerprint density at radius 2 is 1.79 bits per heavy atom. The maximum Gasteiger partial charge on any atom is 0.340 e. The molecule has 150 valence electrons. The summed E-state index contributed by atoms with van der Waals surface area (Å²) in [6.07, 6.45) is 1.43. The van der Waals surface area contributed by atoms with Crippen molar-refractivity contribution in [1.29, 1.82) is 0 Å². The first-order chi connectivity index (χ1) is 13.9. The summed E-state index contributed by atoms with van der Waals surface area (Å²) in [5.41, 5.74) is 7.11. The number of rotatable bonds is 5. The first-order valence-electron chi connectivity index (χ1n) is 8.72. The van der Waals surface area contributed by atoms with Gasteiger partial charge in [-0.25, -0.2) is 9.48 Å². The largest absolute Gasteiger partial charge is 0.462 e. The van der Waals surface area contributed by atoms with E-state index in [0.717, 1.165) is 0 Å². The number of amides is 2. The molecule has 0 saturated heterocycles. The van der Waals surface area contributed by atoms with Gasteiger partial charge in [-0.3, -0.25) is 20.4 Å². The van der Waals surface area contributed by atoms with Crippen molar-refractivity contribution in [2.45, 2.75) is 20.8 Å². The van der Waals surface area contributed by atoms with Crippen molar-refractivity contribution < 1.29 is 19.1 Å². The molecule has 2 heterocycles. The Morgan fingerprint density at radius 1 is 1.10 bits per heavy atom. The van der Waals surface area contributed by atoms with E-state index in [1.165, 1.54) is 11.0 Å². The molecule has 0 spiro atoms. The van der Waals surface area contributed by atoms with Gasteiger partial charge in [0.15, 0.2) is 0 Å². The number of nitrogens with zero attached hydrogens (tertiary/aromatic N) is 4. The molecule has 2 aromatic heterocycles. The molecular weight excluding hydrogens is 378 g/mol. The van der Waals surface area contributed by atoms with Gasteiger partial charge in [0, 0.05) is 11.3 Å². The van der Waals surface area contributed by atoms with E-state index < -0.39 is 17.8 Å². The number of nitrogens with one attached hydrogen (secondary N) is 3. The molecule has 11 heteroatoms. The molecule has 0 fully saturated rings. The highest BCUT2D eigenvalue weighted by Gasteiger charge is 2.23. The summed E-state index contributed by atoms with van der Waals surface area (Å²) in [6, 6.07) is 6.47. The van der Waals surface area contributed by atoms with E-state index in [2.05, 4.69) is 31.4 Å². The third-order valence-corrected chi connectivity index (χ3v) is 4.18. The van der Waals surface area contributed by atoms with Crippen LogP contribution in [-0.2, 0) is 4.74 Å². The molecule has 2 amide bonds. The number of aryl methyl sites for hydroxylation is 1. The zero-order valence-corrected chi connectivity index (χ0v) is 16.0. The molecule has 3 aromatic rings. The minimum Gasteiger partial charge on any atom is -0.462 e. The third-order valence-electron chi connectivity index (χ3n) is 4.18. The van der Waals surface area contributed by atoms with Gasteiger partial charge < -0.3 is 9.72 Å². The van der Waals surface area contributed by atoms with Crippen LogP contribution in [0.4, 0.5) is 0 Å². The summed E-state index contributed by atoms with van der Waals surface area (Å²) in [4.78, 5) is 39.6. The second kappa shape index (κ2) is 8.33. The topological polar surface area (TPSA) is 144 Å². The average molecular weight is 397 g/mol. The van der Waals surface area contributed by atoms with Gasteiger partial charge in [-0.05, 0) is 61.0 Å². The molecule has 3 rings (SSSR count). The van der Waals surface area contributed by atoms with E-state index in [0.29, 0.717) is 28.1 Å². The van der Waals surface area contributed by atoms with Gasteiger partial charge in [0.05, 0.1) is 17.9 Å². The number of hydrogen-bond acceptors (Lipinski definition) is 7. The smallest absolute Gasteiger partial charge is 0.340 e. The maximum absolute atomic E-state index is 12.4. The van der Waals surface area contributed by atoms with Crippen LogP contribution in [0, 0.1) is 13.8 Å². The number of ether oxygens (including phenoxy) is 1. The van der Waals surface area contributed by atoms with Crippen LogP contribution in [0.2, 0.25) is 0 Å². The summed E-state index contributed by atoms with van der Waals surface area (Å²) >= 11 is 0. The Morgan fingerprint density at radius 3 is 2.41 bits per heavy atom. The average Bonchev–Trinajstić information content (AvgIpc) is 3.34. The van der Waals surface area contributed by atoms with E-state index in [1.54, 1.807) is 45.0 Å². The van der Waals surface area contributed by atoms with Gasteiger partial charge in [0.25, 0.3) is 11.8 Å². The number of carbonyl (C=O) groups excluding carboxylic acids is 3. The number of tetrazole rings is 1. The Hall–Kier alpha value is -4.02. The molecule has 0 aliphatic rings. The molecule has 11 nitrogen and oxygen atoms in total. The van der Waals surface area contributed by atoms with Crippen molar-refractivity contribution in [1.82, 2.24) is 36.0 Å². The Labute approximate surface area is 165 Å². The first-order valence-corrected chi connectivity index (χ1v) is 8.72. The quantitative estimate of drug-likeness (QED) is 0.428. The molecule has 0 aliphatic heterocycles. The van der Waals surface area contributed by atoms with Crippen LogP contribution in [0.1, 0.15) is 49.4 Å². The van der Waals surface area contributed by atoms with Crippen molar-refractivity contribution in [3.63, 3.8) is 0 Å². The highest BCUT2D eigenvalue weighted by atomic mass is 16.5. The number of carbonyl (C=O) groups is 3. The molecule has 0 radical (unpaired) electrons. The molecule has 0 aliphatic carbocycles. The Bertz CT molecular complexity index is 1040. The zero-order chi connectivity index (χ0) is 21.0. The molecular formula is C18H19N7O4. The molecule has 3 N–H and O–H groups in total. The summed E-state index contributed by atoms with van der Waals surface area (Å²) in [5.74, 6) is -1.60. The van der Waals surface area contributed by atoms with Crippen molar-refractivity contribution in [2.75, 3.05) is 6.61 Å². The van der Waals surface area contributed by atoms with Crippen LogP contribution in [0.15, 0.2) is 30.6 Å². The number of benzene rings is 1. The van der Waals surface area contributed by atoms with Gasteiger partial charge in [0.1, 0.15) is 12.0 Å². The highest BCUT2D eigenvalue weighted by molar-refractivity contribution is 6.02. The first kappa shape index (κ1) is 19.7. The standard InChI is InChI=1S/C18H19N7O4/c1-4-29-18(28)14-10(2)15(20-11(14)3)17(27)22-21-16(26)12-5-7-13(8-6-12)25-9-19-23-24-25/h5-9,20H,4H2,1-3H3,(H,21,26)(H,22,27). The molecule has 0 bridgehead atoms. The lowest BCUT2D eigenvalue weighted by Crippen LogP contribution is -2.42. The fourth-order valence-electron chi connectivity index (χ4n) is 2.78.